The highest BCUT2D eigenvalue weighted by molar-refractivity contribution is 7.93. The largest absolute Gasteiger partial charge is 0.375 e. The summed E-state index contributed by atoms with van der Waals surface area (Å²) in [7, 11) is -7.59. The summed E-state index contributed by atoms with van der Waals surface area (Å²) in [6.07, 6.45) is 1.45. The van der Waals surface area contributed by atoms with Crippen molar-refractivity contribution in [3.05, 3.63) is 77.7 Å². The molecule has 1 aromatic heterocycles. The summed E-state index contributed by atoms with van der Waals surface area (Å²) in [5, 5.41) is 1.68. The molecule has 6 nitrogen and oxygen atoms in total. The first-order valence-electron chi connectivity index (χ1n) is 9.91. The normalized spacial score (nSPS) is 17.7. The molecule has 0 unspecified atom stereocenters. The number of benzene rings is 2. The van der Waals surface area contributed by atoms with Crippen LogP contribution in [0.3, 0.4) is 0 Å². The number of hydrogen-bond donors (Lipinski definition) is 0. The summed E-state index contributed by atoms with van der Waals surface area (Å²) < 4.78 is 59.7. The van der Waals surface area contributed by atoms with Crippen molar-refractivity contribution < 1.29 is 21.6 Å². The van der Waals surface area contributed by atoms with Crippen molar-refractivity contribution in [3.63, 3.8) is 0 Å². The number of thiophene rings is 1. The summed E-state index contributed by atoms with van der Waals surface area (Å²) in [4.78, 5) is -0.0350. The first-order valence-corrected chi connectivity index (χ1v) is 13.7. The third-order valence-corrected chi connectivity index (χ3v) is 10.3. The predicted molar refractivity (Wildman–Crippen MR) is 119 cm³/mol. The number of ether oxygens (including phenoxy) is 1. The molecule has 3 aromatic rings. The number of rotatable bonds is 8. The molecule has 1 saturated heterocycles. The molecule has 31 heavy (non-hydrogen) atoms. The molecular formula is C22H23NO5S3. The third kappa shape index (κ3) is 4.75. The number of hydrogen-bond acceptors (Lipinski definition) is 6. The van der Waals surface area contributed by atoms with Gasteiger partial charge >= 0.3 is 0 Å². The minimum absolute atomic E-state index is 0.0138. The highest BCUT2D eigenvalue weighted by Crippen LogP contribution is 2.30. The Kier molecular flexibility index (Phi) is 6.59. The highest BCUT2D eigenvalue weighted by atomic mass is 32.2. The summed E-state index contributed by atoms with van der Waals surface area (Å²) in [5.41, 5.74) is 1.03. The van der Waals surface area contributed by atoms with E-state index in [-0.39, 0.29) is 20.0 Å². The van der Waals surface area contributed by atoms with Gasteiger partial charge in [0, 0.05) is 12.6 Å². The van der Waals surface area contributed by atoms with E-state index >= 15 is 0 Å². The number of nitrogens with zero attached hydrogens (tertiary/aromatic N) is 1. The maximum Gasteiger partial charge on any atom is 0.243 e. The lowest BCUT2D eigenvalue weighted by Gasteiger charge is -2.24. The van der Waals surface area contributed by atoms with Gasteiger partial charge in [0.05, 0.1) is 23.0 Å². The molecule has 1 atom stereocenters. The second kappa shape index (κ2) is 9.22. The van der Waals surface area contributed by atoms with Gasteiger partial charge in [-0.1, -0.05) is 42.5 Å². The Morgan fingerprint density at radius 1 is 0.935 bits per heavy atom. The fourth-order valence-corrected chi connectivity index (χ4v) is 7.89. The van der Waals surface area contributed by atoms with Gasteiger partial charge in [0.25, 0.3) is 0 Å². The molecule has 9 heteroatoms. The Balaban J connectivity index is 1.52. The van der Waals surface area contributed by atoms with Gasteiger partial charge < -0.3 is 4.74 Å². The Morgan fingerprint density at radius 3 is 2.45 bits per heavy atom. The summed E-state index contributed by atoms with van der Waals surface area (Å²) in [5.74, 6) is 0. The molecule has 0 amide bonds. The molecule has 0 N–H and O–H groups in total. The van der Waals surface area contributed by atoms with Crippen LogP contribution in [0.4, 0.5) is 0 Å². The van der Waals surface area contributed by atoms with Crippen molar-refractivity contribution in [3.8, 4) is 0 Å². The average molecular weight is 478 g/mol. The van der Waals surface area contributed by atoms with Crippen LogP contribution in [0.5, 0.6) is 0 Å². The van der Waals surface area contributed by atoms with E-state index in [0.717, 1.165) is 23.3 Å². The highest BCUT2D eigenvalue weighted by Gasteiger charge is 2.36. The molecule has 4 rings (SSSR count). The fourth-order valence-electron chi connectivity index (χ4n) is 3.65. The summed E-state index contributed by atoms with van der Waals surface area (Å²) in [6.45, 7) is 1.10. The van der Waals surface area contributed by atoms with Crippen molar-refractivity contribution in [2.45, 2.75) is 39.5 Å². The SMILES string of the molecule is O=S(=O)(c1cccc(S(=O)(=O)N2CCC[C@H]2COCc2ccccc2)c1)c1cccs1. The van der Waals surface area contributed by atoms with E-state index in [1.54, 1.807) is 11.4 Å². The zero-order valence-corrected chi connectivity index (χ0v) is 19.2. The minimum Gasteiger partial charge on any atom is -0.375 e. The van der Waals surface area contributed by atoms with E-state index in [4.69, 9.17) is 4.74 Å². The van der Waals surface area contributed by atoms with Crippen LogP contribution in [0.1, 0.15) is 18.4 Å². The number of sulfonamides is 1. The van der Waals surface area contributed by atoms with E-state index in [0.29, 0.717) is 26.2 Å². The van der Waals surface area contributed by atoms with Crippen LogP contribution in [0.25, 0.3) is 0 Å². The van der Waals surface area contributed by atoms with Gasteiger partial charge in [0.1, 0.15) is 4.21 Å². The van der Waals surface area contributed by atoms with Gasteiger partial charge in [-0.05, 0) is 48.1 Å². The maximum absolute atomic E-state index is 13.3. The minimum atomic E-state index is -3.84. The van der Waals surface area contributed by atoms with Gasteiger partial charge in [-0.15, -0.1) is 11.3 Å². The zero-order valence-electron chi connectivity index (χ0n) is 16.8. The van der Waals surface area contributed by atoms with E-state index in [2.05, 4.69) is 0 Å². The van der Waals surface area contributed by atoms with Crippen molar-refractivity contribution in [2.24, 2.45) is 0 Å². The van der Waals surface area contributed by atoms with Gasteiger partial charge in [-0.25, -0.2) is 16.8 Å². The smallest absolute Gasteiger partial charge is 0.243 e. The molecule has 1 aliphatic heterocycles. The quantitative estimate of drug-likeness (QED) is 0.491. The Bertz CT molecular complexity index is 1220. The third-order valence-electron chi connectivity index (χ3n) is 5.23. The second-order valence-corrected chi connectivity index (χ2v) is 12.3. The molecular weight excluding hydrogens is 454 g/mol. The zero-order chi connectivity index (χ0) is 21.9. The number of sulfone groups is 1. The first-order chi connectivity index (χ1) is 14.9. The lowest BCUT2D eigenvalue weighted by atomic mass is 10.2. The van der Waals surface area contributed by atoms with Crippen LogP contribution >= 0.6 is 11.3 Å². The predicted octanol–water partition coefficient (Wildman–Crippen LogP) is 3.95. The lowest BCUT2D eigenvalue weighted by molar-refractivity contribution is 0.0873. The van der Waals surface area contributed by atoms with E-state index in [1.165, 1.54) is 34.6 Å². The molecule has 0 saturated carbocycles. The van der Waals surface area contributed by atoms with Crippen molar-refractivity contribution in [2.75, 3.05) is 13.2 Å². The Morgan fingerprint density at radius 2 is 1.71 bits per heavy atom. The molecule has 2 aromatic carbocycles. The van der Waals surface area contributed by atoms with Crippen molar-refractivity contribution in [1.82, 2.24) is 4.31 Å². The maximum atomic E-state index is 13.3. The van der Waals surface area contributed by atoms with Crippen LogP contribution in [-0.4, -0.2) is 40.3 Å². The molecule has 1 aliphatic rings. The van der Waals surface area contributed by atoms with Crippen LogP contribution in [0.2, 0.25) is 0 Å². The topological polar surface area (TPSA) is 80.8 Å². The monoisotopic (exact) mass is 477 g/mol. The molecule has 1 fully saturated rings. The molecule has 0 spiro atoms. The second-order valence-electron chi connectivity index (χ2n) is 7.32. The van der Waals surface area contributed by atoms with Gasteiger partial charge in [-0.3, -0.25) is 0 Å². The van der Waals surface area contributed by atoms with E-state index < -0.39 is 19.9 Å². The standard InChI is InChI=1S/C22H23NO5S3/c24-30(25,22-12-6-14-29-22)20-10-4-11-21(15-20)31(26,27)23-13-5-9-19(23)17-28-16-18-7-2-1-3-8-18/h1-4,6-8,10-12,14-15,19H,5,9,13,16-17H2/t19-/m0/s1. The van der Waals surface area contributed by atoms with Crippen molar-refractivity contribution in [1.29, 1.82) is 0 Å². The molecule has 0 radical (unpaired) electrons. The van der Waals surface area contributed by atoms with E-state index in [1.807, 2.05) is 30.3 Å². The fraction of sp³-hybridized carbons (Fsp3) is 0.273. The molecule has 0 aliphatic carbocycles. The summed E-state index contributed by atoms with van der Waals surface area (Å²) >= 11 is 1.11. The molecule has 2 heterocycles. The van der Waals surface area contributed by atoms with E-state index in [9.17, 15) is 16.8 Å². The molecule has 164 valence electrons. The van der Waals surface area contributed by atoms with Gasteiger partial charge in [0.2, 0.25) is 19.9 Å². The van der Waals surface area contributed by atoms with Crippen LogP contribution in [-0.2, 0) is 31.2 Å². The van der Waals surface area contributed by atoms with Crippen molar-refractivity contribution >= 4 is 31.2 Å². The van der Waals surface area contributed by atoms with Gasteiger partial charge in [0.15, 0.2) is 0 Å². The first kappa shape index (κ1) is 22.2. The van der Waals surface area contributed by atoms with Crippen LogP contribution in [0.15, 0.2) is 86.1 Å². The van der Waals surface area contributed by atoms with Crippen LogP contribution < -0.4 is 0 Å². The Hall–Kier alpha value is -2.04. The summed E-state index contributed by atoms with van der Waals surface area (Å²) in [6, 6.07) is 18.2. The van der Waals surface area contributed by atoms with Crippen LogP contribution in [0, 0.1) is 0 Å². The molecule has 0 bridgehead atoms. The lowest BCUT2D eigenvalue weighted by Crippen LogP contribution is -2.38. The Labute approximate surface area is 187 Å². The van der Waals surface area contributed by atoms with Gasteiger partial charge in [-0.2, -0.15) is 4.31 Å². The average Bonchev–Trinajstić information content (AvgIpc) is 3.48.